The second-order valence-corrected chi connectivity index (χ2v) is 9.65. The quantitative estimate of drug-likeness (QED) is 0.363. The van der Waals surface area contributed by atoms with Crippen molar-refractivity contribution in [3.05, 3.63) is 78.6 Å². The summed E-state index contributed by atoms with van der Waals surface area (Å²) in [4.78, 5) is 39.1. The topological polar surface area (TPSA) is 148 Å². The number of aromatic nitrogens is 2. The van der Waals surface area contributed by atoms with Crippen molar-refractivity contribution < 1.29 is 23.1 Å². The maximum Gasteiger partial charge on any atom is 0.346 e. The number of rotatable bonds is 6. The van der Waals surface area contributed by atoms with Gasteiger partial charge in [0.1, 0.15) is 10.6 Å². The number of carboxylic acid groups (broad SMARTS) is 1. The summed E-state index contributed by atoms with van der Waals surface area (Å²) in [6, 6.07) is 9.71. The molecule has 0 aliphatic heterocycles. The number of H-pyrrole nitrogens is 1. The maximum atomic E-state index is 13.1. The minimum atomic E-state index is -4.15. The number of fused-ring (bicyclic) bond motifs is 1. The Bertz CT molecular complexity index is 1640. The van der Waals surface area contributed by atoms with Crippen LogP contribution in [0.15, 0.2) is 62.3 Å². The number of carboxylic acids is 1. The highest BCUT2D eigenvalue weighted by Gasteiger charge is 2.22. The molecular weight excluding hydrogens is 494 g/mol. The van der Waals surface area contributed by atoms with E-state index in [0.717, 1.165) is 17.4 Å². The molecule has 0 saturated heterocycles. The Labute approximate surface area is 194 Å². The summed E-state index contributed by atoms with van der Waals surface area (Å²) >= 11 is 6.98. The fourth-order valence-electron chi connectivity index (χ4n) is 3.15. The molecule has 13 heteroatoms. The zero-order valence-corrected chi connectivity index (χ0v) is 19.0. The van der Waals surface area contributed by atoms with Gasteiger partial charge in [-0.3, -0.25) is 9.52 Å². The second kappa shape index (κ2) is 8.39. The van der Waals surface area contributed by atoms with Gasteiger partial charge in [0, 0.05) is 11.4 Å². The van der Waals surface area contributed by atoms with Gasteiger partial charge in [-0.25, -0.2) is 22.6 Å². The van der Waals surface area contributed by atoms with E-state index < -0.39 is 27.2 Å². The smallest absolute Gasteiger partial charge is 0.346 e. The van der Waals surface area contributed by atoms with E-state index in [1.54, 1.807) is 12.1 Å². The number of aromatic carboxylic acids is 1. The maximum absolute atomic E-state index is 13.1. The van der Waals surface area contributed by atoms with E-state index >= 15 is 0 Å². The van der Waals surface area contributed by atoms with Crippen molar-refractivity contribution in [1.29, 1.82) is 0 Å². The van der Waals surface area contributed by atoms with Crippen molar-refractivity contribution >= 4 is 55.5 Å². The average molecular weight is 508 g/mol. The lowest BCUT2D eigenvalue weighted by atomic mass is 10.2. The van der Waals surface area contributed by atoms with E-state index in [-0.39, 0.29) is 37.1 Å². The highest BCUT2D eigenvalue weighted by atomic mass is 35.5. The van der Waals surface area contributed by atoms with Crippen LogP contribution in [0.4, 0.5) is 5.69 Å². The molecule has 10 nitrogen and oxygen atoms in total. The molecule has 33 heavy (non-hydrogen) atoms. The number of benzene rings is 2. The molecule has 0 saturated carbocycles. The van der Waals surface area contributed by atoms with E-state index in [4.69, 9.17) is 16.3 Å². The van der Waals surface area contributed by atoms with Crippen LogP contribution in [-0.4, -0.2) is 36.2 Å². The van der Waals surface area contributed by atoms with Crippen molar-refractivity contribution in [2.45, 2.75) is 4.90 Å². The van der Waals surface area contributed by atoms with Crippen molar-refractivity contribution in [2.24, 2.45) is 0 Å². The normalized spacial score (nSPS) is 11.5. The molecule has 0 fully saturated rings. The Morgan fingerprint density at radius 2 is 1.97 bits per heavy atom. The minimum absolute atomic E-state index is 0.0586. The van der Waals surface area contributed by atoms with Gasteiger partial charge in [0.2, 0.25) is 0 Å². The zero-order valence-electron chi connectivity index (χ0n) is 16.7. The van der Waals surface area contributed by atoms with E-state index in [9.17, 15) is 27.9 Å². The minimum Gasteiger partial charge on any atom is -0.497 e. The SMILES string of the molecule is COc1cccc(NS(=O)(=O)c2ccc(Cl)c(-n3c(=O)[nH]c4csc(C(=O)O)c4c3=O)c2)c1. The predicted octanol–water partition coefficient (Wildman–Crippen LogP) is 2.90. The molecule has 2 aromatic heterocycles. The lowest BCUT2D eigenvalue weighted by Gasteiger charge is -2.12. The van der Waals surface area contributed by atoms with E-state index in [1.807, 2.05) is 0 Å². The third kappa shape index (κ3) is 4.11. The molecule has 3 N–H and O–H groups in total. The van der Waals surface area contributed by atoms with Crippen molar-refractivity contribution in [1.82, 2.24) is 9.55 Å². The first-order valence-corrected chi connectivity index (χ1v) is 11.8. The summed E-state index contributed by atoms with van der Waals surface area (Å²) < 4.78 is 33.9. The Kier molecular flexibility index (Phi) is 5.74. The lowest BCUT2D eigenvalue weighted by molar-refractivity contribution is 0.0704. The van der Waals surface area contributed by atoms with Crippen LogP contribution in [0.5, 0.6) is 5.75 Å². The number of halogens is 1. The van der Waals surface area contributed by atoms with Gasteiger partial charge < -0.3 is 14.8 Å². The Morgan fingerprint density at radius 3 is 2.67 bits per heavy atom. The van der Waals surface area contributed by atoms with E-state index in [1.165, 1.54) is 36.8 Å². The van der Waals surface area contributed by atoms with Crippen LogP contribution in [-0.2, 0) is 10.0 Å². The number of sulfonamides is 1. The van der Waals surface area contributed by atoms with Gasteiger partial charge in [-0.1, -0.05) is 17.7 Å². The zero-order chi connectivity index (χ0) is 23.9. The van der Waals surface area contributed by atoms with E-state index in [0.29, 0.717) is 10.3 Å². The monoisotopic (exact) mass is 507 g/mol. The molecule has 0 unspecified atom stereocenters. The first-order chi connectivity index (χ1) is 15.6. The molecule has 4 rings (SSSR count). The van der Waals surface area contributed by atoms with Gasteiger partial charge in [0.15, 0.2) is 0 Å². The number of thiophene rings is 1. The molecule has 0 bridgehead atoms. The number of methoxy groups -OCH3 is 1. The molecule has 0 radical (unpaired) electrons. The summed E-state index contributed by atoms with van der Waals surface area (Å²) in [7, 11) is -2.71. The van der Waals surface area contributed by atoms with Crippen LogP contribution < -0.4 is 20.7 Å². The number of anilines is 1. The summed E-state index contributed by atoms with van der Waals surface area (Å²) in [5, 5.41) is 10.4. The molecule has 2 heterocycles. The molecule has 0 aliphatic rings. The van der Waals surface area contributed by atoms with E-state index in [2.05, 4.69) is 9.71 Å². The van der Waals surface area contributed by atoms with Crippen LogP contribution in [0.2, 0.25) is 5.02 Å². The highest BCUT2D eigenvalue weighted by molar-refractivity contribution is 7.92. The Balaban J connectivity index is 1.87. The van der Waals surface area contributed by atoms with Crippen LogP contribution in [0.1, 0.15) is 9.67 Å². The molecule has 2 aromatic carbocycles. The van der Waals surface area contributed by atoms with Crippen molar-refractivity contribution in [3.8, 4) is 11.4 Å². The lowest BCUT2D eigenvalue weighted by Crippen LogP contribution is -2.34. The first kappa shape index (κ1) is 22.6. The summed E-state index contributed by atoms with van der Waals surface area (Å²) in [6.45, 7) is 0. The van der Waals surface area contributed by atoms with Crippen LogP contribution in [0, 0.1) is 0 Å². The first-order valence-electron chi connectivity index (χ1n) is 9.09. The van der Waals surface area contributed by atoms with Crippen molar-refractivity contribution in [2.75, 3.05) is 11.8 Å². The average Bonchev–Trinajstić information content (AvgIpc) is 3.19. The molecule has 170 valence electrons. The molecule has 4 aromatic rings. The number of nitrogens with zero attached hydrogens (tertiary/aromatic N) is 1. The van der Waals surface area contributed by atoms with Gasteiger partial charge in [0.25, 0.3) is 15.6 Å². The highest BCUT2D eigenvalue weighted by Crippen LogP contribution is 2.26. The van der Waals surface area contributed by atoms with Gasteiger partial charge in [0.05, 0.1) is 39.3 Å². The summed E-state index contributed by atoms with van der Waals surface area (Å²) in [5.41, 5.74) is -1.78. The Hall–Kier alpha value is -3.61. The summed E-state index contributed by atoms with van der Waals surface area (Å²) in [5.74, 6) is -0.904. The molecule has 0 amide bonds. The predicted molar refractivity (Wildman–Crippen MR) is 124 cm³/mol. The molecule has 0 atom stereocenters. The van der Waals surface area contributed by atoms with Crippen LogP contribution >= 0.6 is 22.9 Å². The number of carbonyl (C=O) groups is 1. The van der Waals surface area contributed by atoms with Gasteiger partial charge in [-0.2, -0.15) is 0 Å². The second-order valence-electron chi connectivity index (χ2n) is 6.68. The number of hydrogen-bond donors (Lipinski definition) is 3. The van der Waals surface area contributed by atoms with Gasteiger partial charge >= 0.3 is 11.7 Å². The Morgan fingerprint density at radius 1 is 1.21 bits per heavy atom. The third-order valence-corrected chi connectivity index (χ3v) is 7.30. The van der Waals surface area contributed by atoms with Crippen LogP contribution in [0.25, 0.3) is 16.6 Å². The fourth-order valence-corrected chi connectivity index (χ4v) is 5.24. The molecular formula is C20H14ClN3O7S2. The van der Waals surface area contributed by atoms with Crippen LogP contribution in [0.3, 0.4) is 0 Å². The van der Waals surface area contributed by atoms with Crippen molar-refractivity contribution in [3.63, 3.8) is 0 Å². The standard InChI is InChI=1S/C20H14ClN3O7S2/c1-31-11-4-2-3-10(7-11)23-33(29,30)12-5-6-13(21)15(8-12)24-18(25)16-14(22-20(24)28)9-32-17(16)19(26)27/h2-9,23H,1H3,(H,22,28)(H,26,27). The number of ether oxygens (including phenoxy) is 1. The van der Waals surface area contributed by atoms with Gasteiger partial charge in [-0.15, -0.1) is 11.3 Å². The summed E-state index contributed by atoms with van der Waals surface area (Å²) in [6.07, 6.45) is 0. The number of hydrogen-bond acceptors (Lipinski definition) is 7. The largest absolute Gasteiger partial charge is 0.497 e. The molecule has 0 spiro atoms. The third-order valence-electron chi connectivity index (χ3n) is 4.64. The number of nitrogens with one attached hydrogen (secondary N) is 2. The fraction of sp³-hybridized carbons (Fsp3) is 0.0500. The molecule has 0 aliphatic carbocycles. The van der Waals surface area contributed by atoms with Gasteiger partial charge in [-0.05, 0) is 30.3 Å². The number of aromatic amines is 1.